The van der Waals surface area contributed by atoms with Gasteiger partial charge in [-0.25, -0.2) is 10.4 Å². The standard InChI is InChI=1S/C15H20ClN3OS/c16-12-4-6-13(7-5-12)17-14-19(10-11-20)18-15(21-14)8-2-1-3-9-15/h4-7,18,20H,1-3,8-11H2. The van der Waals surface area contributed by atoms with Gasteiger partial charge in [0.05, 0.1) is 23.7 Å². The normalized spacial score (nSPS) is 23.1. The van der Waals surface area contributed by atoms with Crippen LogP contribution in [0, 0.1) is 0 Å². The van der Waals surface area contributed by atoms with Gasteiger partial charge in [-0.3, -0.25) is 5.01 Å². The molecule has 3 rings (SSSR count). The second-order valence-electron chi connectivity index (χ2n) is 5.51. The first-order valence-electron chi connectivity index (χ1n) is 7.40. The minimum Gasteiger partial charge on any atom is -0.394 e. The highest BCUT2D eigenvalue weighted by Gasteiger charge is 2.42. The molecule has 0 atom stereocenters. The van der Waals surface area contributed by atoms with E-state index in [-0.39, 0.29) is 11.5 Å². The van der Waals surface area contributed by atoms with E-state index in [2.05, 4.69) is 5.43 Å². The van der Waals surface area contributed by atoms with E-state index in [0.29, 0.717) is 11.6 Å². The van der Waals surface area contributed by atoms with Crippen molar-refractivity contribution in [3.63, 3.8) is 0 Å². The van der Waals surface area contributed by atoms with Crippen LogP contribution in [-0.2, 0) is 0 Å². The van der Waals surface area contributed by atoms with E-state index in [1.807, 2.05) is 29.3 Å². The maximum absolute atomic E-state index is 9.27. The van der Waals surface area contributed by atoms with E-state index >= 15 is 0 Å². The monoisotopic (exact) mass is 325 g/mol. The van der Waals surface area contributed by atoms with Crippen molar-refractivity contribution < 1.29 is 5.11 Å². The van der Waals surface area contributed by atoms with Crippen LogP contribution in [0.1, 0.15) is 32.1 Å². The number of thioether (sulfide) groups is 1. The Morgan fingerprint density at radius 2 is 1.95 bits per heavy atom. The van der Waals surface area contributed by atoms with Gasteiger partial charge in [-0.1, -0.05) is 42.6 Å². The van der Waals surface area contributed by atoms with Gasteiger partial charge in [0, 0.05) is 5.02 Å². The van der Waals surface area contributed by atoms with Crippen molar-refractivity contribution in [1.29, 1.82) is 0 Å². The van der Waals surface area contributed by atoms with E-state index in [0.717, 1.165) is 23.7 Å². The molecule has 1 aliphatic heterocycles. The van der Waals surface area contributed by atoms with E-state index < -0.39 is 0 Å². The molecule has 0 amide bonds. The van der Waals surface area contributed by atoms with Crippen LogP contribution >= 0.6 is 23.4 Å². The molecule has 6 heteroatoms. The second kappa shape index (κ2) is 6.57. The highest BCUT2D eigenvalue weighted by Crippen LogP contribution is 2.43. The van der Waals surface area contributed by atoms with Crippen molar-refractivity contribution in [2.24, 2.45) is 4.99 Å². The van der Waals surface area contributed by atoms with Crippen LogP contribution in [0.25, 0.3) is 0 Å². The molecule has 0 aromatic heterocycles. The minimum atomic E-state index is 0.0681. The molecule has 0 unspecified atom stereocenters. The summed E-state index contributed by atoms with van der Waals surface area (Å²) in [5.41, 5.74) is 4.46. The Kier molecular flexibility index (Phi) is 4.74. The number of amidine groups is 1. The lowest BCUT2D eigenvalue weighted by Gasteiger charge is -2.32. The fraction of sp³-hybridized carbons (Fsp3) is 0.533. The Morgan fingerprint density at radius 3 is 2.62 bits per heavy atom. The third kappa shape index (κ3) is 3.54. The first-order chi connectivity index (χ1) is 10.2. The second-order valence-corrected chi connectivity index (χ2v) is 7.30. The number of aliphatic hydroxyl groups is 1. The van der Waals surface area contributed by atoms with Crippen LogP contribution in [0.4, 0.5) is 5.69 Å². The average Bonchev–Trinajstić information content (AvgIpc) is 2.80. The van der Waals surface area contributed by atoms with E-state index in [4.69, 9.17) is 16.6 Å². The number of nitrogens with one attached hydrogen (secondary N) is 1. The Bertz CT molecular complexity index is 514. The summed E-state index contributed by atoms with van der Waals surface area (Å²) < 4.78 is 0. The van der Waals surface area contributed by atoms with E-state index in [9.17, 15) is 5.11 Å². The molecule has 2 fully saturated rings. The van der Waals surface area contributed by atoms with Gasteiger partial charge in [0.1, 0.15) is 0 Å². The maximum Gasteiger partial charge on any atom is 0.180 e. The Labute approximate surface area is 134 Å². The van der Waals surface area contributed by atoms with Crippen molar-refractivity contribution in [2.45, 2.75) is 37.0 Å². The van der Waals surface area contributed by atoms with Crippen molar-refractivity contribution in [1.82, 2.24) is 10.4 Å². The smallest absolute Gasteiger partial charge is 0.180 e. The van der Waals surface area contributed by atoms with Crippen molar-refractivity contribution in [2.75, 3.05) is 13.2 Å². The van der Waals surface area contributed by atoms with Crippen LogP contribution < -0.4 is 5.43 Å². The van der Waals surface area contributed by atoms with Crippen LogP contribution in [-0.4, -0.2) is 33.3 Å². The lowest BCUT2D eigenvalue weighted by Crippen LogP contribution is -2.47. The first-order valence-corrected chi connectivity index (χ1v) is 8.60. The summed E-state index contributed by atoms with van der Waals surface area (Å²) in [5, 5.41) is 12.9. The number of aliphatic hydroxyl groups excluding tert-OH is 1. The third-order valence-corrected chi connectivity index (χ3v) is 5.53. The molecule has 2 aliphatic rings. The number of β-amino-alcohol motifs (C(OH)–C–C–N with tert-alkyl or cyclic N) is 1. The van der Waals surface area contributed by atoms with Gasteiger partial charge in [-0.15, -0.1) is 0 Å². The molecule has 21 heavy (non-hydrogen) atoms. The zero-order valence-electron chi connectivity index (χ0n) is 11.9. The highest BCUT2D eigenvalue weighted by atomic mass is 35.5. The van der Waals surface area contributed by atoms with Gasteiger partial charge in [0.25, 0.3) is 0 Å². The predicted octanol–water partition coefficient (Wildman–Crippen LogP) is 3.53. The van der Waals surface area contributed by atoms with Gasteiger partial charge >= 0.3 is 0 Å². The number of rotatable bonds is 3. The molecule has 4 nitrogen and oxygen atoms in total. The molecule has 2 N–H and O–H groups in total. The zero-order chi connectivity index (χ0) is 14.7. The number of aliphatic imine (C=N–C) groups is 1. The number of benzene rings is 1. The highest BCUT2D eigenvalue weighted by molar-refractivity contribution is 8.15. The van der Waals surface area contributed by atoms with Gasteiger partial charge in [-0.2, -0.15) is 0 Å². The maximum atomic E-state index is 9.27. The van der Waals surface area contributed by atoms with E-state index in [1.165, 1.54) is 19.3 Å². The fourth-order valence-electron chi connectivity index (χ4n) is 2.84. The summed E-state index contributed by atoms with van der Waals surface area (Å²) in [6.45, 7) is 0.671. The minimum absolute atomic E-state index is 0.0681. The SMILES string of the molecule is OCCN1NC2(CCCCC2)SC1=Nc1ccc(Cl)cc1. The van der Waals surface area contributed by atoms with Gasteiger partial charge in [0.15, 0.2) is 5.17 Å². The summed E-state index contributed by atoms with van der Waals surface area (Å²) in [5.74, 6) is 0. The molecular weight excluding hydrogens is 306 g/mol. The van der Waals surface area contributed by atoms with Crippen molar-refractivity contribution in [3.8, 4) is 0 Å². The Balaban J connectivity index is 1.82. The Hall–Kier alpha value is -0.750. The third-order valence-electron chi connectivity index (χ3n) is 3.89. The summed E-state index contributed by atoms with van der Waals surface area (Å²) >= 11 is 7.72. The molecule has 1 saturated carbocycles. The number of nitrogens with zero attached hydrogens (tertiary/aromatic N) is 2. The molecule has 0 radical (unpaired) electrons. The first kappa shape index (κ1) is 15.2. The van der Waals surface area contributed by atoms with E-state index in [1.54, 1.807) is 11.8 Å². The van der Waals surface area contributed by atoms with Crippen molar-refractivity contribution >= 4 is 34.2 Å². The van der Waals surface area contributed by atoms with Gasteiger partial charge in [0.2, 0.25) is 0 Å². The lowest BCUT2D eigenvalue weighted by atomic mass is 9.95. The molecular formula is C15H20ClN3OS. The number of hydrogen-bond acceptors (Lipinski definition) is 4. The molecule has 1 aromatic rings. The van der Waals surface area contributed by atoms with Gasteiger partial charge < -0.3 is 5.11 Å². The molecule has 0 bridgehead atoms. The Morgan fingerprint density at radius 1 is 1.24 bits per heavy atom. The predicted molar refractivity (Wildman–Crippen MR) is 88.9 cm³/mol. The summed E-state index contributed by atoms with van der Waals surface area (Å²) in [7, 11) is 0. The number of hydrogen-bond donors (Lipinski definition) is 2. The summed E-state index contributed by atoms with van der Waals surface area (Å²) in [6, 6.07) is 7.53. The zero-order valence-corrected chi connectivity index (χ0v) is 13.5. The van der Waals surface area contributed by atoms with Crippen LogP contribution in [0.5, 0.6) is 0 Å². The quantitative estimate of drug-likeness (QED) is 0.892. The average molecular weight is 326 g/mol. The van der Waals surface area contributed by atoms with Gasteiger partial charge in [-0.05, 0) is 37.1 Å². The largest absolute Gasteiger partial charge is 0.394 e. The van der Waals surface area contributed by atoms with Crippen LogP contribution in [0.2, 0.25) is 5.02 Å². The van der Waals surface area contributed by atoms with Crippen LogP contribution in [0.15, 0.2) is 29.3 Å². The number of hydrazine groups is 1. The molecule has 1 heterocycles. The summed E-state index contributed by atoms with van der Waals surface area (Å²) in [4.78, 5) is 4.79. The lowest BCUT2D eigenvalue weighted by molar-refractivity contribution is 0.177. The molecule has 114 valence electrons. The molecule has 1 aromatic carbocycles. The summed E-state index contributed by atoms with van der Waals surface area (Å²) in [6.07, 6.45) is 6.12. The topological polar surface area (TPSA) is 47.9 Å². The molecule has 1 saturated heterocycles. The molecule has 1 spiro atoms. The van der Waals surface area contributed by atoms with Crippen molar-refractivity contribution in [3.05, 3.63) is 29.3 Å². The molecule has 1 aliphatic carbocycles. The van der Waals surface area contributed by atoms with Crippen LogP contribution in [0.3, 0.4) is 0 Å². The fourth-order valence-corrected chi connectivity index (χ4v) is 4.37. The number of halogens is 1.